The predicted octanol–water partition coefficient (Wildman–Crippen LogP) is 2.88. The van der Waals surface area contributed by atoms with Gasteiger partial charge in [0, 0.05) is 5.56 Å². The number of rotatable bonds is 2. The van der Waals surface area contributed by atoms with Gasteiger partial charge in [-0.15, -0.1) is 11.3 Å². The molecule has 1 rings (SSSR count). The van der Waals surface area contributed by atoms with Crippen molar-refractivity contribution >= 4 is 11.3 Å². The Kier molecular flexibility index (Phi) is 2.33. The summed E-state index contributed by atoms with van der Waals surface area (Å²) in [5.41, 5.74) is 1.31. The molecule has 0 spiro atoms. The Balaban J connectivity index is 2.90. The minimum atomic E-state index is 0.571. The molecule has 0 unspecified atom stereocenters. The summed E-state index contributed by atoms with van der Waals surface area (Å²) in [5, 5.41) is 3.11. The molecule has 0 saturated heterocycles. The summed E-state index contributed by atoms with van der Waals surface area (Å²) >= 11 is 1.66. The Morgan fingerprint density at radius 3 is 2.60 bits per heavy atom. The fraction of sp³-hybridized carbons (Fsp3) is 0.500. The second-order valence-electron chi connectivity index (χ2n) is 2.52. The molecule has 1 aromatic heterocycles. The molecule has 0 amide bonds. The highest BCUT2D eigenvalue weighted by Crippen LogP contribution is 2.31. The topological polar surface area (TPSA) is 9.23 Å². The Morgan fingerprint density at radius 1 is 1.50 bits per heavy atom. The van der Waals surface area contributed by atoms with Gasteiger partial charge in [0.05, 0.1) is 7.11 Å². The van der Waals surface area contributed by atoms with Crippen LogP contribution in [0.5, 0.6) is 5.06 Å². The molecule has 0 aliphatic rings. The summed E-state index contributed by atoms with van der Waals surface area (Å²) in [7, 11) is 1.72. The molecule has 1 aromatic rings. The molecule has 0 fully saturated rings. The van der Waals surface area contributed by atoms with Crippen LogP contribution in [0.3, 0.4) is 0 Å². The first-order chi connectivity index (χ1) is 4.75. The summed E-state index contributed by atoms with van der Waals surface area (Å²) in [6.07, 6.45) is 0. The highest BCUT2D eigenvalue weighted by molar-refractivity contribution is 7.12. The van der Waals surface area contributed by atoms with Crippen molar-refractivity contribution < 1.29 is 4.74 Å². The van der Waals surface area contributed by atoms with Gasteiger partial charge in [0.15, 0.2) is 5.06 Å². The molecule has 1 nitrogen and oxygen atoms in total. The van der Waals surface area contributed by atoms with Crippen LogP contribution in [-0.2, 0) is 0 Å². The number of hydrogen-bond donors (Lipinski definition) is 0. The van der Waals surface area contributed by atoms with Crippen LogP contribution in [0, 0.1) is 0 Å². The van der Waals surface area contributed by atoms with Gasteiger partial charge >= 0.3 is 0 Å². The fourth-order valence-electron chi connectivity index (χ4n) is 0.899. The van der Waals surface area contributed by atoms with Gasteiger partial charge in [-0.05, 0) is 17.4 Å². The van der Waals surface area contributed by atoms with E-state index in [1.54, 1.807) is 18.4 Å². The zero-order chi connectivity index (χ0) is 7.56. The lowest BCUT2D eigenvalue weighted by molar-refractivity contribution is 0.420. The third kappa shape index (κ3) is 1.32. The largest absolute Gasteiger partial charge is 0.487 e. The smallest absolute Gasteiger partial charge is 0.176 e. The molecule has 10 heavy (non-hydrogen) atoms. The SMILES string of the molecule is COc1sccc1C(C)C. The maximum Gasteiger partial charge on any atom is 0.176 e. The number of ether oxygens (including phenoxy) is 1. The fourth-order valence-corrected chi connectivity index (χ4v) is 1.77. The van der Waals surface area contributed by atoms with Crippen LogP contribution in [0.2, 0.25) is 0 Å². The molecule has 0 N–H and O–H groups in total. The molecule has 0 bridgehead atoms. The van der Waals surface area contributed by atoms with Gasteiger partial charge in [-0.25, -0.2) is 0 Å². The second kappa shape index (κ2) is 3.06. The van der Waals surface area contributed by atoms with Gasteiger partial charge in [-0.1, -0.05) is 13.8 Å². The molecule has 2 heteroatoms. The Bertz CT molecular complexity index is 203. The van der Waals surface area contributed by atoms with Gasteiger partial charge in [0.2, 0.25) is 0 Å². The zero-order valence-corrected chi connectivity index (χ0v) is 7.37. The third-order valence-electron chi connectivity index (χ3n) is 1.47. The van der Waals surface area contributed by atoms with Crippen molar-refractivity contribution in [3.05, 3.63) is 17.0 Å². The average molecular weight is 156 g/mol. The predicted molar refractivity (Wildman–Crippen MR) is 45.0 cm³/mol. The van der Waals surface area contributed by atoms with E-state index in [0.29, 0.717) is 5.92 Å². The summed E-state index contributed by atoms with van der Waals surface area (Å²) in [5.74, 6) is 0.571. The minimum absolute atomic E-state index is 0.571. The molecule has 0 aromatic carbocycles. The van der Waals surface area contributed by atoms with E-state index in [0.717, 1.165) is 5.06 Å². The van der Waals surface area contributed by atoms with Gasteiger partial charge in [-0.3, -0.25) is 0 Å². The van der Waals surface area contributed by atoms with Gasteiger partial charge in [-0.2, -0.15) is 0 Å². The average Bonchev–Trinajstić information content (AvgIpc) is 2.33. The maximum absolute atomic E-state index is 5.17. The molecule has 0 aliphatic heterocycles. The summed E-state index contributed by atoms with van der Waals surface area (Å²) in [6, 6.07) is 2.12. The van der Waals surface area contributed by atoms with Gasteiger partial charge in [0.1, 0.15) is 0 Å². The van der Waals surface area contributed by atoms with Gasteiger partial charge in [0.25, 0.3) is 0 Å². The van der Waals surface area contributed by atoms with E-state index in [-0.39, 0.29) is 0 Å². The Morgan fingerprint density at radius 2 is 2.20 bits per heavy atom. The van der Waals surface area contributed by atoms with E-state index in [1.165, 1.54) is 5.56 Å². The van der Waals surface area contributed by atoms with Crippen LogP contribution in [0.25, 0.3) is 0 Å². The van der Waals surface area contributed by atoms with Crippen LogP contribution in [0.1, 0.15) is 25.3 Å². The standard InChI is InChI=1S/C8H12OS/c1-6(2)7-4-5-10-8(7)9-3/h4-6H,1-3H3. The van der Waals surface area contributed by atoms with Crippen LogP contribution in [0.4, 0.5) is 0 Å². The molecule has 0 atom stereocenters. The first kappa shape index (κ1) is 7.61. The van der Waals surface area contributed by atoms with E-state index in [9.17, 15) is 0 Å². The second-order valence-corrected chi connectivity index (χ2v) is 3.40. The van der Waals surface area contributed by atoms with Crippen molar-refractivity contribution in [2.24, 2.45) is 0 Å². The lowest BCUT2D eigenvalue weighted by Crippen LogP contribution is -1.87. The van der Waals surface area contributed by atoms with E-state index < -0.39 is 0 Å². The molecular formula is C8H12OS. The molecule has 0 radical (unpaired) electrons. The maximum atomic E-state index is 5.17. The summed E-state index contributed by atoms with van der Waals surface area (Å²) in [6.45, 7) is 4.34. The Hall–Kier alpha value is -0.500. The van der Waals surface area contributed by atoms with Crippen LogP contribution < -0.4 is 4.74 Å². The van der Waals surface area contributed by atoms with Crippen molar-refractivity contribution in [2.75, 3.05) is 7.11 Å². The van der Waals surface area contributed by atoms with Crippen molar-refractivity contribution in [3.8, 4) is 5.06 Å². The quantitative estimate of drug-likeness (QED) is 0.639. The molecule has 0 saturated carbocycles. The normalized spacial score (nSPS) is 10.4. The lowest BCUT2D eigenvalue weighted by atomic mass is 10.1. The van der Waals surface area contributed by atoms with Crippen molar-refractivity contribution in [2.45, 2.75) is 19.8 Å². The molecule has 1 heterocycles. The Labute approximate surface area is 65.6 Å². The van der Waals surface area contributed by atoms with E-state index in [2.05, 4.69) is 25.3 Å². The van der Waals surface area contributed by atoms with Crippen LogP contribution in [0.15, 0.2) is 11.4 Å². The highest BCUT2D eigenvalue weighted by Gasteiger charge is 2.06. The van der Waals surface area contributed by atoms with E-state index in [1.807, 2.05) is 0 Å². The van der Waals surface area contributed by atoms with Crippen molar-refractivity contribution in [1.29, 1.82) is 0 Å². The number of methoxy groups -OCH3 is 1. The van der Waals surface area contributed by atoms with Crippen LogP contribution in [-0.4, -0.2) is 7.11 Å². The van der Waals surface area contributed by atoms with Crippen LogP contribution >= 0.6 is 11.3 Å². The number of thiophene rings is 1. The molecular weight excluding hydrogens is 144 g/mol. The molecule has 0 aliphatic carbocycles. The van der Waals surface area contributed by atoms with Gasteiger partial charge < -0.3 is 4.74 Å². The van der Waals surface area contributed by atoms with E-state index >= 15 is 0 Å². The minimum Gasteiger partial charge on any atom is -0.487 e. The first-order valence-corrected chi connectivity index (χ1v) is 4.25. The lowest BCUT2D eigenvalue weighted by Gasteiger charge is -2.03. The summed E-state index contributed by atoms with van der Waals surface area (Å²) in [4.78, 5) is 0. The van der Waals surface area contributed by atoms with Crippen molar-refractivity contribution in [3.63, 3.8) is 0 Å². The zero-order valence-electron chi connectivity index (χ0n) is 6.55. The first-order valence-electron chi connectivity index (χ1n) is 3.37. The van der Waals surface area contributed by atoms with Crippen molar-refractivity contribution in [1.82, 2.24) is 0 Å². The number of hydrogen-bond acceptors (Lipinski definition) is 2. The molecule has 56 valence electrons. The third-order valence-corrected chi connectivity index (χ3v) is 2.35. The highest BCUT2D eigenvalue weighted by atomic mass is 32.1. The van der Waals surface area contributed by atoms with E-state index in [4.69, 9.17) is 4.74 Å². The monoisotopic (exact) mass is 156 g/mol. The summed E-state index contributed by atoms with van der Waals surface area (Å²) < 4.78 is 5.17.